The molecule has 5 nitrogen and oxygen atoms in total. The van der Waals surface area contributed by atoms with Crippen molar-refractivity contribution in [1.82, 2.24) is 0 Å². The van der Waals surface area contributed by atoms with Gasteiger partial charge < -0.3 is 15.4 Å². The van der Waals surface area contributed by atoms with Crippen LogP contribution in [0.5, 0.6) is 5.75 Å². The van der Waals surface area contributed by atoms with E-state index in [1.807, 2.05) is 12.1 Å². The van der Waals surface area contributed by atoms with Gasteiger partial charge in [0.05, 0.1) is 6.61 Å². The van der Waals surface area contributed by atoms with E-state index >= 15 is 0 Å². The number of nitrogens with one attached hydrogen (secondary N) is 2. The van der Waals surface area contributed by atoms with E-state index in [0.29, 0.717) is 23.5 Å². The highest BCUT2D eigenvalue weighted by molar-refractivity contribution is 6.04. The van der Waals surface area contributed by atoms with Crippen molar-refractivity contribution in [2.45, 2.75) is 13.3 Å². The molecule has 2 amide bonds. The van der Waals surface area contributed by atoms with Gasteiger partial charge >= 0.3 is 0 Å². The minimum atomic E-state index is -0.165. The quantitative estimate of drug-likeness (QED) is 0.915. The molecule has 112 valence electrons. The van der Waals surface area contributed by atoms with E-state index in [1.165, 1.54) is 6.92 Å². The minimum absolute atomic E-state index is 0.128. The molecule has 2 aromatic rings. The molecule has 0 aromatic heterocycles. The van der Waals surface area contributed by atoms with E-state index in [-0.39, 0.29) is 11.8 Å². The Kier molecular flexibility index (Phi) is 3.78. The highest BCUT2D eigenvalue weighted by atomic mass is 16.5. The second kappa shape index (κ2) is 5.89. The summed E-state index contributed by atoms with van der Waals surface area (Å²) in [5, 5.41) is 5.52. The number of hydrogen-bond donors (Lipinski definition) is 2. The molecule has 0 saturated carbocycles. The summed E-state index contributed by atoms with van der Waals surface area (Å²) in [6.45, 7) is 2.12. The second-order valence-electron chi connectivity index (χ2n) is 5.13. The number of hydrogen-bond acceptors (Lipinski definition) is 3. The van der Waals surface area contributed by atoms with Gasteiger partial charge in [0.15, 0.2) is 0 Å². The molecule has 0 atom stereocenters. The second-order valence-corrected chi connectivity index (χ2v) is 5.13. The Labute approximate surface area is 128 Å². The number of carbonyl (C=O) groups is 2. The maximum absolute atomic E-state index is 12.3. The van der Waals surface area contributed by atoms with Crippen LogP contribution in [0, 0.1) is 0 Å². The molecular weight excluding hydrogens is 280 g/mol. The van der Waals surface area contributed by atoms with Crippen molar-refractivity contribution in [3.63, 3.8) is 0 Å². The third kappa shape index (κ3) is 3.09. The number of ether oxygens (including phenoxy) is 1. The summed E-state index contributed by atoms with van der Waals surface area (Å²) in [5.74, 6) is 0.565. The van der Waals surface area contributed by atoms with Crippen LogP contribution in [0.1, 0.15) is 22.8 Å². The van der Waals surface area contributed by atoms with Crippen molar-refractivity contribution in [3.8, 4) is 5.75 Å². The molecule has 0 aliphatic carbocycles. The number of benzene rings is 2. The maximum atomic E-state index is 12.3. The zero-order chi connectivity index (χ0) is 15.5. The van der Waals surface area contributed by atoms with Crippen LogP contribution < -0.4 is 15.4 Å². The molecular formula is C17H16N2O3. The number of rotatable bonds is 3. The molecule has 22 heavy (non-hydrogen) atoms. The van der Waals surface area contributed by atoms with Crippen LogP contribution in [0.4, 0.5) is 11.4 Å². The first-order valence-electron chi connectivity index (χ1n) is 7.06. The fourth-order valence-electron chi connectivity index (χ4n) is 2.37. The molecule has 0 spiro atoms. The molecule has 0 bridgehead atoms. The smallest absolute Gasteiger partial charge is 0.255 e. The van der Waals surface area contributed by atoms with Crippen LogP contribution >= 0.6 is 0 Å². The van der Waals surface area contributed by atoms with Gasteiger partial charge in [-0.15, -0.1) is 0 Å². The van der Waals surface area contributed by atoms with Crippen molar-refractivity contribution in [1.29, 1.82) is 0 Å². The van der Waals surface area contributed by atoms with Crippen LogP contribution in [-0.4, -0.2) is 18.4 Å². The molecule has 0 fully saturated rings. The molecule has 3 rings (SSSR count). The number of amides is 2. The van der Waals surface area contributed by atoms with Crippen molar-refractivity contribution >= 4 is 23.2 Å². The highest BCUT2D eigenvalue weighted by Crippen LogP contribution is 2.26. The molecule has 2 aromatic carbocycles. The molecule has 1 heterocycles. The monoisotopic (exact) mass is 296 g/mol. The van der Waals surface area contributed by atoms with Crippen molar-refractivity contribution in [2.75, 3.05) is 17.2 Å². The van der Waals surface area contributed by atoms with Gasteiger partial charge in [0.2, 0.25) is 5.91 Å². The van der Waals surface area contributed by atoms with E-state index in [9.17, 15) is 9.59 Å². The summed E-state index contributed by atoms with van der Waals surface area (Å²) in [6.07, 6.45) is 0.835. The first-order valence-corrected chi connectivity index (χ1v) is 7.06. The lowest BCUT2D eigenvalue weighted by molar-refractivity contribution is -0.114. The number of anilines is 2. The Morgan fingerprint density at radius 2 is 1.68 bits per heavy atom. The summed E-state index contributed by atoms with van der Waals surface area (Å²) < 4.78 is 5.43. The van der Waals surface area contributed by atoms with Crippen molar-refractivity contribution in [2.24, 2.45) is 0 Å². The fourth-order valence-corrected chi connectivity index (χ4v) is 2.37. The molecule has 0 saturated heterocycles. The largest absolute Gasteiger partial charge is 0.493 e. The van der Waals surface area contributed by atoms with Crippen LogP contribution in [0.25, 0.3) is 0 Å². The average Bonchev–Trinajstić information content (AvgIpc) is 2.96. The Morgan fingerprint density at radius 3 is 2.36 bits per heavy atom. The third-order valence-electron chi connectivity index (χ3n) is 3.41. The average molecular weight is 296 g/mol. The van der Waals surface area contributed by atoms with Crippen LogP contribution in [0.3, 0.4) is 0 Å². The number of carbonyl (C=O) groups excluding carboxylic acids is 2. The SMILES string of the molecule is CC(=O)Nc1ccc(NC(=O)c2ccc3c(c2)CCO3)cc1. The summed E-state index contributed by atoms with van der Waals surface area (Å²) in [5.41, 5.74) is 3.04. The Bertz CT molecular complexity index is 723. The van der Waals surface area contributed by atoms with Crippen LogP contribution in [-0.2, 0) is 11.2 Å². The highest BCUT2D eigenvalue weighted by Gasteiger charge is 2.15. The number of fused-ring (bicyclic) bond motifs is 1. The Morgan fingerprint density at radius 1 is 1.00 bits per heavy atom. The molecule has 1 aliphatic rings. The van der Waals surface area contributed by atoms with Gasteiger partial charge in [0.1, 0.15) is 5.75 Å². The lowest BCUT2D eigenvalue weighted by Gasteiger charge is -2.08. The molecule has 0 unspecified atom stereocenters. The minimum Gasteiger partial charge on any atom is -0.493 e. The van der Waals surface area contributed by atoms with E-state index < -0.39 is 0 Å². The first-order chi connectivity index (χ1) is 10.6. The maximum Gasteiger partial charge on any atom is 0.255 e. The summed E-state index contributed by atoms with van der Waals surface area (Å²) in [7, 11) is 0. The Balaban J connectivity index is 1.70. The summed E-state index contributed by atoms with van der Waals surface area (Å²) in [6, 6.07) is 12.4. The fraction of sp³-hybridized carbons (Fsp3) is 0.176. The van der Waals surface area contributed by atoms with Gasteiger partial charge in [-0.25, -0.2) is 0 Å². The topological polar surface area (TPSA) is 67.4 Å². The van der Waals surface area contributed by atoms with Gasteiger partial charge in [-0.1, -0.05) is 0 Å². The van der Waals surface area contributed by atoms with Gasteiger partial charge in [0, 0.05) is 30.3 Å². The molecule has 2 N–H and O–H groups in total. The predicted octanol–water partition coefficient (Wildman–Crippen LogP) is 2.83. The van der Waals surface area contributed by atoms with Gasteiger partial charge in [-0.05, 0) is 48.0 Å². The normalized spacial score (nSPS) is 12.2. The molecule has 0 radical (unpaired) electrons. The van der Waals surface area contributed by atoms with Crippen molar-refractivity contribution in [3.05, 3.63) is 53.6 Å². The molecule has 1 aliphatic heterocycles. The van der Waals surface area contributed by atoms with Gasteiger partial charge in [-0.2, -0.15) is 0 Å². The zero-order valence-electron chi connectivity index (χ0n) is 12.2. The lowest BCUT2D eigenvalue weighted by atomic mass is 10.1. The van der Waals surface area contributed by atoms with Crippen LogP contribution in [0.2, 0.25) is 0 Å². The summed E-state index contributed by atoms with van der Waals surface area (Å²) in [4.78, 5) is 23.2. The van der Waals surface area contributed by atoms with Gasteiger partial charge in [-0.3, -0.25) is 9.59 Å². The van der Waals surface area contributed by atoms with Gasteiger partial charge in [0.25, 0.3) is 5.91 Å². The lowest BCUT2D eigenvalue weighted by Crippen LogP contribution is -2.12. The molecule has 5 heteroatoms. The van der Waals surface area contributed by atoms with E-state index in [2.05, 4.69) is 10.6 Å². The zero-order valence-corrected chi connectivity index (χ0v) is 12.2. The van der Waals surface area contributed by atoms with E-state index in [1.54, 1.807) is 30.3 Å². The van der Waals surface area contributed by atoms with Crippen molar-refractivity contribution < 1.29 is 14.3 Å². The van der Waals surface area contributed by atoms with E-state index in [0.717, 1.165) is 17.7 Å². The van der Waals surface area contributed by atoms with E-state index in [4.69, 9.17) is 4.74 Å². The standard InChI is InChI=1S/C17H16N2O3/c1-11(20)18-14-3-5-15(6-4-14)19-17(21)13-2-7-16-12(10-13)8-9-22-16/h2-7,10H,8-9H2,1H3,(H,18,20)(H,19,21). The van der Waals surface area contributed by atoms with Crippen LogP contribution in [0.15, 0.2) is 42.5 Å². The Hall–Kier alpha value is -2.82. The summed E-state index contributed by atoms with van der Waals surface area (Å²) >= 11 is 0. The first kappa shape index (κ1) is 14.1. The predicted molar refractivity (Wildman–Crippen MR) is 84.3 cm³/mol. The third-order valence-corrected chi connectivity index (χ3v) is 3.41.